The predicted molar refractivity (Wildman–Crippen MR) is 100 cm³/mol. The zero-order chi connectivity index (χ0) is 20.1. The van der Waals surface area contributed by atoms with Gasteiger partial charge in [-0.1, -0.05) is 0 Å². The van der Waals surface area contributed by atoms with Crippen molar-refractivity contribution in [2.45, 2.75) is 31.3 Å². The molecule has 1 amide bonds. The topological polar surface area (TPSA) is 100 Å². The molecule has 0 aromatic carbocycles. The molecule has 2 aliphatic rings. The lowest BCUT2D eigenvalue weighted by atomic mass is 10.3. The summed E-state index contributed by atoms with van der Waals surface area (Å²) in [4.78, 5) is 27.4. The first-order valence-electron chi connectivity index (χ1n) is 9.69. The summed E-state index contributed by atoms with van der Waals surface area (Å²) in [5, 5.41) is -0.239. The van der Waals surface area contributed by atoms with Crippen molar-refractivity contribution < 1.29 is 27.2 Å². The normalized spacial score (nSPS) is 19.3. The molecule has 10 heteroatoms. The van der Waals surface area contributed by atoms with Crippen LogP contribution in [0.15, 0.2) is 21.6 Å². The van der Waals surface area contributed by atoms with E-state index in [1.807, 2.05) is 4.90 Å². The fourth-order valence-electron chi connectivity index (χ4n) is 3.52. The lowest BCUT2D eigenvalue weighted by Gasteiger charge is -2.33. The van der Waals surface area contributed by atoms with Crippen LogP contribution in [0.2, 0.25) is 0 Å². The minimum absolute atomic E-state index is 0.115. The highest BCUT2D eigenvalue weighted by atomic mass is 32.2. The number of sulfonamides is 1. The van der Waals surface area contributed by atoms with Crippen LogP contribution in [0, 0.1) is 0 Å². The Morgan fingerprint density at radius 2 is 1.89 bits per heavy atom. The van der Waals surface area contributed by atoms with E-state index in [0.29, 0.717) is 32.6 Å². The average Bonchev–Trinajstić information content (AvgIpc) is 3.32. The van der Waals surface area contributed by atoms with Crippen molar-refractivity contribution in [1.82, 2.24) is 14.1 Å². The van der Waals surface area contributed by atoms with E-state index >= 15 is 0 Å². The molecule has 2 aliphatic heterocycles. The molecule has 1 aromatic rings. The Morgan fingerprint density at radius 1 is 1.14 bits per heavy atom. The largest absolute Gasteiger partial charge is 0.460 e. The Labute approximate surface area is 165 Å². The molecular weight excluding hydrogens is 386 g/mol. The molecule has 9 nitrogen and oxygen atoms in total. The molecule has 0 radical (unpaired) electrons. The van der Waals surface area contributed by atoms with E-state index in [4.69, 9.17) is 9.15 Å². The number of hydrogen-bond acceptors (Lipinski definition) is 7. The molecule has 0 N–H and O–H groups in total. The monoisotopic (exact) mass is 413 g/mol. The summed E-state index contributed by atoms with van der Waals surface area (Å²) < 4.78 is 36.9. The number of rotatable bonds is 8. The number of esters is 1. The van der Waals surface area contributed by atoms with E-state index in [-0.39, 0.29) is 23.4 Å². The minimum atomic E-state index is -3.77. The maximum atomic E-state index is 12.7. The van der Waals surface area contributed by atoms with Crippen LogP contribution in [0.25, 0.3) is 0 Å². The molecule has 2 fully saturated rings. The Bertz CT molecular complexity index is 798. The van der Waals surface area contributed by atoms with E-state index < -0.39 is 16.0 Å². The average molecular weight is 413 g/mol. The number of piperazine rings is 1. The van der Waals surface area contributed by atoms with Crippen molar-refractivity contribution in [3.63, 3.8) is 0 Å². The number of carbonyl (C=O) groups is 2. The fraction of sp³-hybridized carbons (Fsp3) is 0.667. The third-order valence-electron chi connectivity index (χ3n) is 5.06. The maximum absolute atomic E-state index is 12.7. The van der Waals surface area contributed by atoms with Crippen LogP contribution >= 0.6 is 0 Å². The van der Waals surface area contributed by atoms with Gasteiger partial charge in [-0.2, -0.15) is 4.31 Å². The first kappa shape index (κ1) is 20.8. The lowest BCUT2D eigenvalue weighted by Crippen LogP contribution is -2.49. The molecule has 1 aromatic heterocycles. The standard InChI is InChI=1S/C18H27N3O6S/c1-2-26-18(23)15-6-7-17(27-15)28(24,25)21-13-11-19(12-14-21)8-4-10-20-9-3-5-16(20)22/h6-7H,2-5,8-14H2,1H3. The second-order valence-corrected chi connectivity index (χ2v) is 8.79. The van der Waals surface area contributed by atoms with Gasteiger partial charge in [-0.25, -0.2) is 13.2 Å². The summed E-state index contributed by atoms with van der Waals surface area (Å²) in [6.07, 6.45) is 2.49. The smallest absolute Gasteiger partial charge is 0.374 e. The number of likely N-dealkylation sites (tertiary alicyclic amines) is 1. The molecule has 28 heavy (non-hydrogen) atoms. The first-order chi connectivity index (χ1) is 13.4. The fourth-order valence-corrected chi connectivity index (χ4v) is 4.85. The highest BCUT2D eigenvalue weighted by Gasteiger charge is 2.31. The molecule has 3 heterocycles. The van der Waals surface area contributed by atoms with Gasteiger partial charge in [0.15, 0.2) is 0 Å². The molecule has 0 spiro atoms. The van der Waals surface area contributed by atoms with Gasteiger partial charge in [0.1, 0.15) is 0 Å². The van der Waals surface area contributed by atoms with E-state index in [1.54, 1.807) is 6.92 Å². The zero-order valence-corrected chi connectivity index (χ0v) is 16.9. The Kier molecular flexibility index (Phi) is 6.73. The third kappa shape index (κ3) is 4.73. The van der Waals surface area contributed by atoms with Crippen LogP contribution in [-0.2, 0) is 19.6 Å². The van der Waals surface area contributed by atoms with Gasteiger partial charge in [-0.15, -0.1) is 0 Å². The summed E-state index contributed by atoms with van der Waals surface area (Å²) in [7, 11) is -3.77. The molecule has 0 saturated carbocycles. The van der Waals surface area contributed by atoms with Gasteiger partial charge in [0.2, 0.25) is 16.8 Å². The molecule has 2 saturated heterocycles. The van der Waals surface area contributed by atoms with Crippen LogP contribution in [0.5, 0.6) is 0 Å². The van der Waals surface area contributed by atoms with Crippen LogP contribution in [-0.4, -0.2) is 86.8 Å². The molecule has 0 aliphatic carbocycles. The summed E-state index contributed by atoms with van der Waals surface area (Å²) in [6, 6.07) is 2.61. The van der Waals surface area contributed by atoms with Crippen LogP contribution in [0.3, 0.4) is 0 Å². The van der Waals surface area contributed by atoms with Gasteiger partial charge in [0, 0.05) is 45.7 Å². The maximum Gasteiger partial charge on any atom is 0.374 e. The second-order valence-electron chi connectivity index (χ2n) is 6.92. The lowest BCUT2D eigenvalue weighted by molar-refractivity contribution is -0.127. The number of amides is 1. The number of furan rings is 1. The number of ether oxygens (including phenoxy) is 1. The van der Waals surface area contributed by atoms with Crippen molar-refractivity contribution in [1.29, 1.82) is 0 Å². The third-order valence-corrected chi connectivity index (χ3v) is 6.83. The summed E-state index contributed by atoms with van der Waals surface area (Å²) in [5.74, 6) is -0.558. The number of carbonyl (C=O) groups excluding carboxylic acids is 2. The molecule has 156 valence electrons. The van der Waals surface area contributed by atoms with Gasteiger partial charge >= 0.3 is 5.97 Å². The van der Waals surface area contributed by atoms with Crippen molar-refractivity contribution in [2.75, 3.05) is 52.4 Å². The quantitative estimate of drug-likeness (QED) is 0.581. The van der Waals surface area contributed by atoms with Crippen molar-refractivity contribution in [3.05, 3.63) is 17.9 Å². The minimum Gasteiger partial charge on any atom is -0.460 e. The van der Waals surface area contributed by atoms with Gasteiger partial charge in [-0.3, -0.25) is 4.79 Å². The summed E-state index contributed by atoms with van der Waals surface area (Å²) in [5.41, 5.74) is 0. The van der Waals surface area contributed by atoms with E-state index in [9.17, 15) is 18.0 Å². The summed E-state index contributed by atoms with van der Waals surface area (Å²) >= 11 is 0. The van der Waals surface area contributed by atoms with Crippen LogP contribution < -0.4 is 0 Å². The van der Waals surface area contributed by atoms with E-state index in [2.05, 4.69) is 4.90 Å². The Hall–Kier alpha value is -1.91. The highest BCUT2D eigenvalue weighted by molar-refractivity contribution is 7.89. The molecule has 3 rings (SSSR count). The molecule has 0 atom stereocenters. The van der Waals surface area contributed by atoms with Gasteiger partial charge in [0.25, 0.3) is 10.0 Å². The van der Waals surface area contributed by atoms with Crippen molar-refractivity contribution in [2.24, 2.45) is 0 Å². The number of hydrogen-bond donors (Lipinski definition) is 0. The van der Waals surface area contributed by atoms with Crippen molar-refractivity contribution in [3.8, 4) is 0 Å². The zero-order valence-electron chi connectivity index (χ0n) is 16.1. The first-order valence-corrected chi connectivity index (χ1v) is 11.1. The van der Waals surface area contributed by atoms with Gasteiger partial charge in [0.05, 0.1) is 6.61 Å². The molecule has 0 bridgehead atoms. The summed E-state index contributed by atoms with van der Waals surface area (Å²) in [6.45, 7) is 6.28. The predicted octanol–water partition coefficient (Wildman–Crippen LogP) is 0.775. The van der Waals surface area contributed by atoms with Gasteiger partial charge < -0.3 is 19.0 Å². The Morgan fingerprint density at radius 3 is 2.54 bits per heavy atom. The molecule has 0 unspecified atom stereocenters. The SMILES string of the molecule is CCOC(=O)c1ccc(S(=O)(=O)N2CCN(CCCN3CCCC3=O)CC2)o1. The number of nitrogens with zero attached hydrogens (tertiary/aromatic N) is 3. The van der Waals surface area contributed by atoms with Crippen LogP contribution in [0.1, 0.15) is 36.7 Å². The Balaban J connectivity index is 1.48. The van der Waals surface area contributed by atoms with Crippen LogP contribution in [0.4, 0.5) is 0 Å². The van der Waals surface area contributed by atoms with E-state index in [0.717, 1.165) is 32.5 Å². The highest BCUT2D eigenvalue weighted by Crippen LogP contribution is 2.21. The van der Waals surface area contributed by atoms with Gasteiger partial charge in [-0.05, 0) is 38.4 Å². The second kappa shape index (κ2) is 9.06. The molecular formula is C18H27N3O6S. The van der Waals surface area contributed by atoms with Crippen molar-refractivity contribution >= 4 is 21.9 Å². The van der Waals surface area contributed by atoms with E-state index in [1.165, 1.54) is 16.4 Å².